The van der Waals surface area contributed by atoms with Crippen LogP contribution in [0.1, 0.15) is 5.56 Å². The topological polar surface area (TPSA) is 49.4 Å². The molecule has 0 unspecified atom stereocenters. The number of halogens is 1. The fraction of sp³-hybridized carbons (Fsp3) is 0.417. The minimum Gasteiger partial charge on any atom is -0.323 e. The monoisotopic (exact) mass is 330 g/mol. The smallest absolute Gasteiger partial charge is 0.321 e. The van der Waals surface area contributed by atoms with E-state index in [1.165, 1.54) is 0 Å². The van der Waals surface area contributed by atoms with Gasteiger partial charge >= 0.3 is 6.03 Å². The Labute approximate surface area is 117 Å². The molecular formula is C12H15BrN2O2S. The number of nitrogens with zero attached hydrogens (tertiary/aromatic N) is 1. The highest BCUT2D eigenvalue weighted by molar-refractivity contribution is 9.10. The first-order valence-electron chi connectivity index (χ1n) is 5.73. The number of urea groups is 1. The van der Waals surface area contributed by atoms with Gasteiger partial charge < -0.3 is 10.2 Å². The lowest BCUT2D eigenvalue weighted by Gasteiger charge is -2.26. The number of rotatable bonds is 1. The first-order valence-corrected chi connectivity index (χ1v) is 8.01. The highest BCUT2D eigenvalue weighted by Gasteiger charge is 2.19. The Morgan fingerprint density at radius 2 is 2.06 bits per heavy atom. The third-order valence-corrected chi connectivity index (χ3v) is 5.04. The van der Waals surface area contributed by atoms with Gasteiger partial charge in [0, 0.05) is 45.6 Å². The lowest BCUT2D eigenvalue weighted by Crippen LogP contribution is -2.43. The summed E-state index contributed by atoms with van der Waals surface area (Å²) in [5.41, 5.74) is 1.86. The lowest BCUT2D eigenvalue weighted by atomic mass is 10.2. The molecule has 1 fully saturated rings. The van der Waals surface area contributed by atoms with Crippen LogP contribution >= 0.6 is 15.9 Å². The Balaban J connectivity index is 1.98. The van der Waals surface area contributed by atoms with Crippen LogP contribution < -0.4 is 5.32 Å². The SMILES string of the molecule is Cc1cc(NC(=O)N2CCS(=O)CC2)ccc1Br. The van der Waals surface area contributed by atoms with Crippen molar-refractivity contribution in [2.24, 2.45) is 0 Å². The first-order chi connectivity index (χ1) is 8.56. The van der Waals surface area contributed by atoms with E-state index in [2.05, 4.69) is 21.2 Å². The molecular weight excluding hydrogens is 316 g/mol. The van der Waals surface area contributed by atoms with Crippen LogP contribution in [0.2, 0.25) is 0 Å². The summed E-state index contributed by atoms with van der Waals surface area (Å²) in [5.74, 6) is 1.15. The number of carbonyl (C=O) groups excluding carboxylic acids is 1. The molecule has 1 aromatic rings. The second-order valence-corrected chi connectivity index (χ2v) is 6.78. The number of benzene rings is 1. The van der Waals surface area contributed by atoms with E-state index in [9.17, 15) is 9.00 Å². The molecule has 2 rings (SSSR count). The van der Waals surface area contributed by atoms with Crippen molar-refractivity contribution in [2.75, 3.05) is 29.9 Å². The number of anilines is 1. The fourth-order valence-corrected chi connectivity index (χ4v) is 3.06. The Kier molecular flexibility index (Phi) is 4.40. The van der Waals surface area contributed by atoms with Crippen LogP contribution in [0.25, 0.3) is 0 Å². The van der Waals surface area contributed by atoms with E-state index in [1.54, 1.807) is 4.90 Å². The van der Waals surface area contributed by atoms with Gasteiger partial charge in [0.15, 0.2) is 0 Å². The summed E-state index contributed by atoms with van der Waals surface area (Å²) >= 11 is 3.42. The molecule has 1 aromatic carbocycles. The van der Waals surface area contributed by atoms with Gasteiger partial charge in [0.1, 0.15) is 0 Å². The minimum atomic E-state index is -0.759. The molecule has 0 saturated carbocycles. The molecule has 0 radical (unpaired) electrons. The molecule has 1 aliphatic rings. The van der Waals surface area contributed by atoms with Crippen molar-refractivity contribution in [1.82, 2.24) is 4.90 Å². The number of amides is 2. The van der Waals surface area contributed by atoms with Crippen LogP contribution in [0.5, 0.6) is 0 Å². The summed E-state index contributed by atoms with van der Waals surface area (Å²) < 4.78 is 12.2. The van der Waals surface area contributed by atoms with Crippen LogP contribution in [0.4, 0.5) is 10.5 Å². The van der Waals surface area contributed by atoms with Gasteiger partial charge in [-0.05, 0) is 30.7 Å². The van der Waals surface area contributed by atoms with Crippen molar-refractivity contribution in [3.63, 3.8) is 0 Å². The minimum absolute atomic E-state index is 0.117. The van der Waals surface area contributed by atoms with Crippen LogP contribution in [-0.4, -0.2) is 39.7 Å². The first kappa shape index (κ1) is 13.5. The van der Waals surface area contributed by atoms with Gasteiger partial charge in [0.25, 0.3) is 0 Å². The third-order valence-electron chi connectivity index (χ3n) is 2.87. The van der Waals surface area contributed by atoms with Crippen molar-refractivity contribution in [3.8, 4) is 0 Å². The summed E-state index contributed by atoms with van der Waals surface area (Å²) in [4.78, 5) is 13.7. The molecule has 1 N–H and O–H groups in total. The molecule has 0 spiro atoms. The Bertz CT molecular complexity index is 483. The summed E-state index contributed by atoms with van der Waals surface area (Å²) in [7, 11) is -0.759. The van der Waals surface area contributed by atoms with Crippen LogP contribution in [-0.2, 0) is 10.8 Å². The second kappa shape index (κ2) is 5.84. The molecule has 0 aromatic heterocycles. The van der Waals surface area contributed by atoms with E-state index in [0.29, 0.717) is 24.6 Å². The van der Waals surface area contributed by atoms with Crippen LogP contribution in [0.15, 0.2) is 22.7 Å². The molecule has 98 valence electrons. The molecule has 1 aliphatic heterocycles. The molecule has 18 heavy (non-hydrogen) atoms. The predicted octanol–water partition coefficient (Wildman–Crippen LogP) is 2.35. The van der Waals surface area contributed by atoms with Crippen LogP contribution in [0.3, 0.4) is 0 Å². The molecule has 4 nitrogen and oxygen atoms in total. The number of hydrogen-bond acceptors (Lipinski definition) is 2. The molecule has 1 heterocycles. The van der Waals surface area contributed by atoms with Gasteiger partial charge in [0.05, 0.1) is 0 Å². The summed E-state index contributed by atoms with van der Waals surface area (Å²) in [6.45, 7) is 3.10. The van der Waals surface area contributed by atoms with E-state index in [0.717, 1.165) is 15.7 Å². The number of aryl methyl sites for hydroxylation is 1. The van der Waals surface area contributed by atoms with E-state index < -0.39 is 10.8 Å². The predicted molar refractivity (Wildman–Crippen MR) is 77.3 cm³/mol. The normalized spacial score (nSPS) is 16.7. The van der Waals surface area contributed by atoms with Crippen molar-refractivity contribution < 1.29 is 9.00 Å². The van der Waals surface area contributed by atoms with Gasteiger partial charge in [-0.25, -0.2) is 4.79 Å². The number of hydrogen-bond donors (Lipinski definition) is 1. The van der Waals surface area contributed by atoms with E-state index in [1.807, 2.05) is 25.1 Å². The molecule has 2 amide bonds. The van der Waals surface area contributed by atoms with Gasteiger partial charge in [0.2, 0.25) is 0 Å². The summed E-state index contributed by atoms with van der Waals surface area (Å²) in [6, 6.07) is 5.57. The fourth-order valence-electron chi connectivity index (χ4n) is 1.77. The van der Waals surface area contributed by atoms with E-state index >= 15 is 0 Å². The Hall–Kier alpha value is -0.880. The van der Waals surface area contributed by atoms with Crippen LogP contribution in [0, 0.1) is 6.92 Å². The maximum absolute atomic E-state index is 12.0. The zero-order valence-electron chi connectivity index (χ0n) is 10.1. The Morgan fingerprint density at radius 3 is 2.67 bits per heavy atom. The summed E-state index contributed by atoms with van der Waals surface area (Å²) in [6.07, 6.45) is 0. The lowest BCUT2D eigenvalue weighted by molar-refractivity contribution is 0.216. The summed E-state index contributed by atoms with van der Waals surface area (Å²) in [5, 5.41) is 2.86. The second-order valence-electron chi connectivity index (χ2n) is 4.23. The zero-order valence-corrected chi connectivity index (χ0v) is 12.5. The van der Waals surface area contributed by atoms with E-state index in [-0.39, 0.29) is 6.03 Å². The molecule has 6 heteroatoms. The molecule has 0 bridgehead atoms. The Morgan fingerprint density at radius 1 is 1.39 bits per heavy atom. The van der Waals surface area contributed by atoms with Gasteiger partial charge in [-0.2, -0.15) is 0 Å². The standard InChI is InChI=1S/C12H15BrN2O2S/c1-9-8-10(2-3-11(9)13)14-12(16)15-4-6-18(17)7-5-15/h2-3,8H,4-7H2,1H3,(H,14,16). The third kappa shape index (κ3) is 3.32. The highest BCUT2D eigenvalue weighted by atomic mass is 79.9. The average molecular weight is 331 g/mol. The molecule has 0 aliphatic carbocycles. The van der Waals surface area contributed by atoms with Crippen molar-refractivity contribution in [2.45, 2.75) is 6.92 Å². The largest absolute Gasteiger partial charge is 0.323 e. The van der Waals surface area contributed by atoms with Crippen molar-refractivity contribution >= 4 is 38.4 Å². The van der Waals surface area contributed by atoms with Gasteiger partial charge in [-0.15, -0.1) is 0 Å². The maximum Gasteiger partial charge on any atom is 0.321 e. The van der Waals surface area contributed by atoms with Gasteiger partial charge in [-0.3, -0.25) is 4.21 Å². The molecule has 1 saturated heterocycles. The van der Waals surface area contributed by atoms with Crippen molar-refractivity contribution in [1.29, 1.82) is 0 Å². The van der Waals surface area contributed by atoms with E-state index in [4.69, 9.17) is 0 Å². The number of carbonyl (C=O) groups is 1. The zero-order chi connectivity index (χ0) is 13.1. The molecule has 0 atom stereocenters. The average Bonchev–Trinajstić information content (AvgIpc) is 2.34. The maximum atomic E-state index is 12.0. The highest BCUT2D eigenvalue weighted by Crippen LogP contribution is 2.20. The number of nitrogens with one attached hydrogen (secondary N) is 1. The van der Waals surface area contributed by atoms with Crippen molar-refractivity contribution in [3.05, 3.63) is 28.2 Å². The van der Waals surface area contributed by atoms with Gasteiger partial charge in [-0.1, -0.05) is 15.9 Å². The quantitative estimate of drug-likeness (QED) is 0.859.